The van der Waals surface area contributed by atoms with Gasteiger partial charge in [0, 0.05) is 0 Å². The largest absolute Gasteiger partial charge is 0.351 e. The molecule has 0 saturated heterocycles. The summed E-state index contributed by atoms with van der Waals surface area (Å²) in [4.78, 5) is -3.49. The smallest absolute Gasteiger partial charge is 0.204 e. The molecule has 0 N–H and O–H groups in total. The Balaban J connectivity index is 3.81. The van der Waals surface area contributed by atoms with Crippen molar-refractivity contribution < 1.29 is 13.2 Å². The summed E-state index contributed by atoms with van der Waals surface area (Å²) in [6.07, 6.45) is 2.88. The van der Waals surface area contributed by atoms with E-state index in [1.165, 1.54) is 0 Å². The third kappa shape index (κ3) is 5.30. The molecule has 0 radical (unpaired) electrons. The van der Waals surface area contributed by atoms with Crippen LogP contribution in [0, 0.1) is 0 Å². The van der Waals surface area contributed by atoms with Gasteiger partial charge in [-0.3, -0.25) is 0 Å². The molecule has 0 amide bonds. The number of hydrogen-bond donors (Lipinski definition) is 0. The van der Waals surface area contributed by atoms with E-state index in [1.807, 2.05) is 22.9 Å². The molecule has 0 aromatic heterocycles. The normalized spacial score (nSPS) is 13.7. The zero-order chi connectivity index (χ0) is 8.91. The molecule has 66 valence electrons. The highest BCUT2D eigenvalue weighted by Gasteiger charge is 2.30. The van der Waals surface area contributed by atoms with Crippen LogP contribution in [0.15, 0.2) is 11.9 Å². The average Bonchev–Trinajstić information content (AvgIpc) is 1.86. The van der Waals surface area contributed by atoms with Gasteiger partial charge in [-0.2, -0.15) is 8.78 Å². The van der Waals surface area contributed by atoms with E-state index in [1.54, 1.807) is 0 Å². The van der Waals surface area contributed by atoms with Crippen molar-refractivity contribution in [1.82, 2.24) is 0 Å². The molecule has 0 aromatic rings. The summed E-state index contributed by atoms with van der Waals surface area (Å²) in [6.45, 7) is 1.91. The van der Waals surface area contributed by atoms with Crippen molar-refractivity contribution in [2.45, 2.75) is 31.0 Å². The lowest BCUT2D eigenvalue weighted by Gasteiger charge is -2.03. The van der Waals surface area contributed by atoms with Crippen LogP contribution in [0.4, 0.5) is 13.2 Å². The SMILES string of the molecule is CCCCC=C(F)C(F)(F)Br. The molecule has 4 heteroatoms. The van der Waals surface area contributed by atoms with Crippen LogP contribution in [0.5, 0.6) is 0 Å². The van der Waals surface area contributed by atoms with Gasteiger partial charge in [0.1, 0.15) is 0 Å². The predicted molar refractivity (Wildman–Crippen MR) is 42.6 cm³/mol. The minimum atomic E-state index is -3.49. The Hall–Kier alpha value is 0.01000. The molecule has 0 rings (SSSR count). The van der Waals surface area contributed by atoms with Gasteiger partial charge in [-0.25, -0.2) is 4.39 Å². The van der Waals surface area contributed by atoms with Gasteiger partial charge in [-0.05, 0) is 34.8 Å². The van der Waals surface area contributed by atoms with Crippen LogP contribution in [-0.4, -0.2) is 4.83 Å². The van der Waals surface area contributed by atoms with Crippen LogP contribution >= 0.6 is 15.9 Å². The summed E-state index contributed by atoms with van der Waals surface area (Å²) in [5.74, 6) is -1.40. The number of rotatable bonds is 4. The lowest BCUT2D eigenvalue weighted by molar-refractivity contribution is 0.127. The lowest BCUT2D eigenvalue weighted by Crippen LogP contribution is -2.04. The van der Waals surface area contributed by atoms with Crippen molar-refractivity contribution in [1.29, 1.82) is 0 Å². The van der Waals surface area contributed by atoms with Gasteiger partial charge < -0.3 is 0 Å². The van der Waals surface area contributed by atoms with E-state index < -0.39 is 10.7 Å². The molecular formula is C7H10BrF3. The van der Waals surface area contributed by atoms with E-state index in [-0.39, 0.29) is 0 Å². The first-order valence-electron chi connectivity index (χ1n) is 3.41. The standard InChI is InChI=1S/C7H10BrF3/c1-2-3-4-5-6(9)7(8,10)11/h5H,2-4H2,1H3. The zero-order valence-corrected chi connectivity index (χ0v) is 7.80. The number of hydrogen-bond acceptors (Lipinski definition) is 0. The van der Waals surface area contributed by atoms with Crippen LogP contribution in [0.1, 0.15) is 26.2 Å². The van der Waals surface area contributed by atoms with Crippen molar-refractivity contribution in [3.8, 4) is 0 Å². The Morgan fingerprint density at radius 3 is 2.45 bits per heavy atom. The van der Waals surface area contributed by atoms with Gasteiger partial charge in [0.15, 0.2) is 5.83 Å². The van der Waals surface area contributed by atoms with Gasteiger partial charge in [-0.1, -0.05) is 13.3 Å². The van der Waals surface area contributed by atoms with Crippen LogP contribution in [0.25, 0.3) is 0 Å². The Kier molecular flexibility index (Phi) is 4.81. The van der Waals surface area contributed by atoms with E-state index in [2.05, 4.69) is 0 Å². The lowest BCUT2D eigenvalue weighted by atomic mass is 10.2. The Bertz CT molecular complexity index is 137. The zero-order valence-electron chi connectivity index (χ0n) is 6.21. The number of allylic oxidation sites excluding steroid dienone is 2. The fraction of sp³-hybridized carbons (Fsp3) is 0.714. The maximum Gasteiger partial charge on any atom is 0.351 e. The maximum atomic E-state index is 12.3. The molecule has 0 atom stereocenters. The Labute approximate surface area is 72.6 Å². The second-order valence-electron chi connectivity index (χ2n) is 2.19. The molecule has 0 nitrogen and oxygen atoms in total. The highest BCUT2D eigenvalue weighted by Crippen LogP contribution is 2.31. The number of unbranched alkanes of at least 4 members (excludes halogenated alkanes) is 2. The number of alkyl halides is 3. The maximum absolute atomic E-state index is 12.3. The van der Waals surface area contributed by atoms with Crippen LogP contribution in [-0.2, 0) is 0 Å². The Morgan fingerprint density at radius 1 is 1.55 bits per heavy atom. The molecule has 0 bridgehead atoms. The van der Waals surface area contributed by atoms with E-state index in [9.17, 15) is 13.2 Å². The van der Waals surface area contributed by atoms with E-state index in [4.69, 9.17) is 0 Å². The molecule has 0 heterocycles. The molecule has 11 heavy (non-hydrogen) atoms. The van der Waals surface area contributed by atoms with E-state index in [0.29, 0.717) is 6.42 Å². The van der Waals surface area contributed by atoms with Crippen molar-refractivity contribution in [2.24, 2.45) is 0 Å². The third-order valence-corrected chi connectivity index (χ3v) is 1.53. The van der Waals surface area contributed by atoms with Crippen molar-refractivity contribution in [2.75, 3.05) is 0 Å². The fourth-order valence-electron chi connectivity index (χ4n) is 0.549. The summed E-state index contributed by atoms with van der Waals surface area (Å²) < 4.78 is 36.3. The second kappa shape index (κ2) is 4.80. The molecule has 0 saturated carbocycles. The van der Waals surface area contributed by atoms with Gasteiger partial charge in [0.2, 0.25) is 0 Å². The summed E-state index contributed by atoms with van der Waals surface area (Å²) in [5, 5.41) is 0. The van der Waals surface area contributed by atoms with Crippen molar-refractivity contribution >= 4 is 15.9 Å². The molecule has 0 aliphatic carbocycles. The Morgan fingerprint density at radius 2 is 2.09 bits per heavy atom. The molecule has 0 spiro atoms. The molecule has 0 aliphatic rings. The predicted octanol–water partition coefficient (Wildman–Crippen LogP) is 4.02. The third-order valence-electron chi connectivity index (χ3n) is 1.15. The number of halogens is 4. The molecule has 0 fully saturated rings. The highest BCUT2D eigenvalue weighted by molar-refractivity contribution is 9.10. The van der Waals surface area contributed by atoms with Crippen LogP contribution < -0.4 is 0 Å². The monoisotopic (exact) mass is 230 g/mol. The molecule has 0 aromatic carbocycles. The minimum Gasteiger partial charge on any atom is -0.204 e. The fourth-order valence-corrected chi connectivity index (χ4v) is 0.711. The summed E-state index contributed by atoms with van der Waals surface area (Å²) >= 11 is 1.92. The van der Waals surface area contributed by atoms with Gasteiger partial charge in [0.05, 0.1) is 0 Å². The quantitative estimate of drug-likeness (QED) is 0.506. The first-order valence-corrected chi connectivity index (χ1v) is 4.20. The van der Waals surface area contributed by atoms with Gasteiger partial charge in [0.25, 0.3) is 0 Å². The second-order valence-corrected chi connectivity index (χ2v) is 3.19. The van der Waals surface area contributed by atoms with Crippen LogP contribution in [0.3, 0.4) is 0 Å². The summed E-state index contributed by atoms with van der Waals surface area (Å²) in [7, 11) is 0. The topological polar surface area (TPSA) is 0 Å². The van der Waals surface area contributed by atoms with Crippen LogP contribution in [0.2, 0.25) is 0 Å². The van der Waals surface area contributed by atoms with E-state index >= 15 is 0 Å². The molecule has 0 unspecified atom stereocenters. The first-order chi connectivity index (χ1) is 4.98. The molecule has 0 aliphatic heterocycles. The minimum absolute atomic E-state index is 0.365. The van der Waals surface area contributed by atoms with Crippen molar-refractivity contribution in [3.05, 3.63) is 11.9 Å². The highest BCUT2D eigenvalue weighted by atomic mass is 79.9. The summed E-state index contributed by atoms with van der Waals surface area (Å²) in [6, 6.07) is 0. The van der Waals surface area contributed by atoms with Crippen molar-refractivity contribution in [3.63, 3.8) is 0 Å². The van der Waals surface area contributed by atoms with Gasteiger partial charge in [-0.15, -0.1) is 0 Å². The molecular weight excluding hydrogens is 221 g/mol. The summed E-state index contributed by atoms with van der Waals surface area (Å²) in [5.41, 5.74) is 0. The van der Waals surface area contributed by atoms with E-state index in [0.717, 1.165) is 18.9 Å². The average molecular weight is 231 g/mol. The van der Waals surface area contributed by atoms with Gasteiger partial charge >= 0.3 is 4.83 Å². The first kappa shape index (κ1) is 11.0.